The molecule has 0 saturated heterocycles. The number of ether oxygens (including phenoxy) is 1. The van der Waals surface area contributed by atoms with Crippen LogP contribution < -0.4 is 10.6 Å². The highest BCUT2D eigenvalue weighted by Gasteiger charge is 2.07. The maximum atomic E-state index is 5.63. The van der Waals surface area contributed by atoms with Crippen LogP contribution in [0.25, 0.3) is 0 Å². The molecular weight excluding hydrogens is 204 g/mol. The fraction of sp³-hybridized carbons (Fsp3) is 0.636. The number of likely N-dealkylation sites (N-methyl/N-ethyl adjacent to an activating group) is 1. The van der Waals surface area contributed by atoms with Gasteiger partial charge in [0.25, 0.3) is 0 Å². The first-order valence-corrected chi connectivity index (χ1v) is 5.61. The van der Waals surface area contributed by atoms with Crippen LogP contribution in [-0.4, -0.2) is 36.3 Å². The predicted molar refractivity (Wildman–Crippen MR) is 65.6 cm³/mol. The highest BCUT2D eigenvalue weighted by Crippen LogP contribution is 2.12. The Hall–Kier alpha value is -1.36. The molecule has 0 spiro atoms. The SMILES string of the molecule is CCOCCN(CC)c1cc(C)nc(N)n1. The molecule has 5 heteroatoms. The van der Waals surface area contributed by atoms with Crippen molar-refractivity contribution in [3.63, 3.8) is 0 Å². The second-order valence-electron chi connectivity index (χ2n) is 3.50. The number of aromatic nitrogens is 2. The third-order valence-corrected chi connectivity index (χ3v) is 2.27. The van der Waals surface area contributed by atoms with Crippen molar-refractivity contribution in [1.82, 2.24) is 9.97 Å². The molecule has 0 bridgehead atoms. The standard InChI is InChI=1S/C11H20N4O/c1-4-15(6-7-16-5-2)10-8-9(3)13-11(12)14-10/h8H,4-7H2,1-3H3,(H2,12,13,14). The zero-order chi connectivity index (χ0) is 12.0. The molecule has 0 aliphatic rings. The summed E-state index contributed by atoms with van der Waals surface area (Å²) < 4.78 is 5.33. The quantitative estimate of drug-likeness (QED) is 0.736. The van der Waals surface area contributed by atoms with Crippen molar-refractivity contribution >= 4 is 11.8 Å². The highest BCUT2D eigenvalue weighted by atomic mass is 16.5. The fourth-order valence-corrected chi connectivity index (χ4v) is 1.49. The molecule has 0 unspecified atom stereocenters. The Morgan fingerprint density at radius 2 is 2.12 bits per heavy atom. The van der Waals surface area contributed by atoms with Crippen molar-refractivity contribution < 1.29 is 4.74 Å². The molecule has 0 radical (unpaired) electrons. The Balaban J connectivity index is 2.70. The van der Waals surface area contributed by atoms with Gasteiger partial charge in [-0.1, -0.05) is 0 Å². The number of aryl methyl sites for hydroxylation is 1. The van der Waals surface area contributed by atoms with Gasteiger partial charge >= 0.3 is 0 Å². The Bertz CT molecular complexity index is 310. The van der Waals surface area contributed by atoms with Gasteiger partial charge in [-0.05, 0) is 20.8 Å². The van der Waals surface area contributed by atoms with Crippen molar-refractivity contribution in [3.8, 4) is 0 Å². The number of hydrogen-bond acceptors (Lipinski definition) is 5. The highest BCUT2D eigenvalue weighted by molar-refractivity contribution is 5.43. The molecule has 0 fully saturated rings. The van der Waals surface area contributed by atoms with Gasteiger partial charge in [0, 0.05) is 31.5 Å². The molecule has 1 aromatic rings. The first-order valence-electron chi connectivity index (χ1n) is 5.61. The monoisotopic (exact) mass is 224 g/mol. The lowest BCUT2D eigenvalue weighted by molar-refractivity contribution is 0.154. The minimum Gasteiger partial charge on any atom is -0.380 e. The number of nitrogen functional groups attached to an aromatic ring is 1. The summed E-state index contributed by atoms with van der Waals surface area (Å²) in [5.41, 5.74) is 6.51. The van der Waals surface area contributed by atoms with E-state index in [1.54, 1.807) is 0 Å². The molecule has 5 nitrogen and oxygen atoms in total. The largest absolute Gasteiger partial charge is 0.380 e. The second-order valence-corrected chi connectivity index (χ2v) is 3.50. The average Bonchev–Trinajstić information content (AvgIpc) is 2.23. The van der Waals surface area contributed by atoms with E-state index in [9.17, 15) is 0 Å². The molecule has 1 rings (SSSR count). The number of rotatable bonds is 6. The van der Waals surface area contributed by atoms with E-state index in [4.69, 9.17) is 10.5 Å². The maximum Gasteiger partial charge on any atom is 0.222 e. The smallest absolute Gasteiger partial charge is 0.222 e. The van der Waals surface area contributed by atoms with E-state index in [-0.39, 0.29) is 0 Å². The molecule has 0 amide bonds. The number of hydrogen-bond donors (Lipinski definition) is 1. The van der Waals surface area contributed by atoms with Crippen LogP contribution in [0.15, 0.2) is 6.07 Å². The van der Waals surface area contributed by atoms with Gasteiger partial charge in [0.1, 0.15) is 5.82 Å². The zero-order valence-corrected chi connectivity index (χ0v) is 10.2. The molecule has 0 atom stereocenters. The van der Waals surface area contributed by atoms with E-state index in [0.717, 1.165) is 31.2 Å². The van der Waals surface area contributed by atoms with E-state index in [2.05, 4.69) is 21.8 Å². The summed E-state index contributed by atoms with van der Waals surface area (Å²) in [5, 5.41) is 0. The van der Waals surface area contributed by atoms with Gasteiger partial charge in [-0.2, -0.15) is 4.98 Å². The van der Waals surface area contributed by atoms with Crippen LogP contribution in [0.3, 0.4) is 0 Å². The van der Waals surface area contributed by atoms with E-state index < -0.39 is 0 Å². The maximum absolute atomic E-state index is 5.63. The van der Waals surface area contributed by atoms with Crippen molar-refractivity contribution in [2.75, 3.05) is 36.9 Å². The van der Waals surface area contributed by atoms with Gasteiger partial charge < -0.3 is 15.4 Å². The summed E-state index contributed by atoms with van der Waals surface area (Å²) in [6.07, 6.45) is 0. The van der Waals surface area contributed by atoms with Crippen LogP contribution in [0, 0.1) is 6.92 Å². The van der Waals surface area contributed by atoms with E-state index in [1.165, 1.54) is 0 Å². The minimum atomic E-state index is 0.324. The van der Waals surface area contributed by atoms with Crippen molar-refractivity contribution in [3.05, 3.63) is 11.8 Å². The predicted octanol–water partition coefficient (Wildman–Crippen LogP) is 1.23. The van der Waals surface area contributed by atoms with Crippen LogP contribution in [0.1, 0.15) is 19.5 Å². The minimum absolute atomic E-state index is 0.324. The third kappa shape index (κ3) is 3.66. The molecule has 2 N–H and O–H groups in total. The molecule has 0 aliphatic heterocycles. The fourth-order valence-electron chi connectivity index (χ4n) is 1.49. The molecule has 16 heavy (non-hydrogen) atoms. The van der Waals surface area contributed by atoms with Crippen molar-refractivity contribution in [2.45, 2.75) is 20.8 Å². The van der Waals surface area contributed by atoms with Gasteiger partial charge in [-0.25, -0.2) is 4.98 Å². The molecule has 0 aliphatic carbocycles. The van der Waals surface area contributed by atoms with Gasteiger partial charge in [-0.15, -0.1) is 0 Å². The lowest BCUT2D eigenvalue weighted by atomic mass is 10.4. The molecule has 90 valence electrons. The summed E-state index contributed by atoms with van der Waals surface area (Å²) in [6, 6.07) is 1.94. The summed E-state index contributed by atoms with van der Waals surface area (Å²) in [6.45, 7) is 9.12. The van der Waals surface area contributed by atoms with Gasteiger partial charge in [-0.3, -0.25) is 0 Å². The van der Waals surface area contributed by atoms with Gasteiger partial charge in [0.15, 0.2) is 0 Å². The van der Waals surface area contributed by atoms with Crippen LogP contribution in [0.4, 0.5) is 11.8 Å². The topological polar surface area (TPSA) is 64.3 Å². The molecule has 0 saturated carbocycles. The Morgan fingerprint density at radius 3 is 2.69 bits per heavy atom. The molecule has 1 aromatic heterocycles. The summed E-state index contributed by atoms with van der Waals surface area (Å²) in [4.78, 5) is 10.4. The number of nitrogens with two attached hydrogens (primary N) is 1. The number of nitrogens with zero attached hydrogens (tertiary/aromatic N) is 3. The third-order valence-electron chi connectivity index (χ3n) is 2.27. The average molecular weight is 224 g/mol. The first kappa shape index (κ1) is 12.7. The lowest BCUT2D eigenvalue weighted by Crippen LogP contribution is -2.28. The first-order chi connectivity index (χ1) is 7.67. The molecule has 1 heterocycles. The van der Waals surface area contributed by atoms with Crippen LogP contribution in [0.2, 0.25) is 0 Å². The number of anilines is 2. The summed E-state index contributed by atoms with van der Waals surface area (Å²) >= 11 is 0. The van der Waals surface area contributed by atoms with E-state index >= 15 is 0 Å². The van der Waals surface area contributed by atoms with Crippen LogP contribution in [-0.2, 0) is 4.74 Å². The zero-order valence-electron chi connectivity index (χ0n) is 10.2. The summed E-state index contributed by atoms with van der Waals surface area (Å²) in [5.74, 6) is 1.19. The van der Waals surface area contributed by atoms with Gasteiger partial charge in [0.2, 0.25) is 5.95 Å². The van der Waals surface area contributed by atoms with Crippen LogP contribution >= 0.6 is 0 Å². The summed E-state index contributed by atoms with van der Waals surface area (Å²) in [7, 11) is 0. The van der Waals surface area contributed by atoms with Crippen molar-refractivity contribution in [2.24, 2.45) is 0 Å². The van der Waals surface area contributed by atoms with E-state index in [1.807, 2.05) is 19.9 Å². The Kier molecular flexibility index (Phi) is 4.98. The molecular formula is C11H20N4O. The van der Waals surface area contributed by atoms with E-state index in [0.29, 0.717) is 12.6 Å². The van der Waals surface area contributed by atoms with Gasteiger partial charge in [0.05, 0.1) is 6.61 Å². The lowest BCUT2D eigenvalue weighted by Gasteiger charge is -2.22. The Morgan fingerprint density at radius 1 is 1.38 bits per heavy atom. The normalized spacial score (nSPS) is 10.4. The second kappa shape index (κ2) is 6.27. The Labute approximate surface area is 96.6 Å². The van der Waals surface area contributed by atoms with Crippen LogP contribution in [0.5, 0.6) is 0 Å². The van der Waals surface area contributed by atoms with Crippen molar-refractivity contribution in [1.29, 1.82) is 0 Å². The molecule has 0 aromatic carbocycles.